The van der Waals surface area contributed by atoms with Crippen molar-refractivity contribution in [3.8, 4) is 0 Å². The van der Waals surface area contributed by atoms with Crippen molar-refractivity contribution in [2.75, 3.05) is 18.2 Å². The van der Waals surface area contributed by atoms with E-state index in [1.807, 2.05) is 6.92 Å². The number of amides is 2. The number of aliphatic imine (C=N–C) groups is 1. The van der Waals surface area contributed by atoms with E-state index in [2.05, 4.69) is 22.7 Å². The Balaban J connectivity index is 1.43. The summed E-state index contributed by atoms with van der Waals surface area (Å²) in [5.41, 5.74) is 4.04. The minimum Gasteiger partial charge on any atom is -0.462 e. The minimum absolute atomic E-state index is 0.0721. The van der Waals surface area contributed by atoms with Crippen molar-refractivity contribution in [3.05, 3.63) is 56.5 Å². The van der Waals surface area contributed by atoms with Gasteiger partial charge in [-0.1, -0.05) is 125 Å². The fourth-order valence-electron chi connectivity index (χ4n) is 5.29. The average Bonchev–Trinajstić information content (AvgIpc) is 3.38. The van der Waals surface area contributed by atoms with Gasteiger partial charge in [-0.3, -0.25) is 15.0 Å². The predicted molar refractivity (Wildman–Crippen MR) is 189 cm³/mol. The van der Waals surface area contributed by atoms with E-state index in [4.69, 9.17) is 39.5 Å². The topological polar surface area (TPSA) is 100 Å². The van der Waals surface area contributed by atoms with Gasteiger partial charge >= 0.3 is 5.97 Å². The highest BCUT2D eigenvalue weighted by molar-refractivity contribution is 6.41. The van der Waals surface area contributed by atoms with Gasteiger partial charge in [0.15, 0.2) is 0 Å². The lowest BCUT2D eigenvalue weighted by Crippen LogP contribution is -2.36. The Hall–Kier alpha value is -2.81. The molecule has 0 atom stereocenters. The Bertz CT molecular complexity index is 1330. The van der Waals surface area contributed by atoms with Gasteiger partial charge in [-0.25, -0.2) is 14.8 Å². The average molecular weight is 694 g/mol. The van der Waals surface area contributed by atoms with Gasteiger partial charge in [-0.2, -0.15) is 0 Å². The summed E-state index contributed by atoms with van der Waals surface area (Å²) in [4.78, 5) is 42.3. The van der Waals surface area contributed by atoms with Gasteiger partial charge in [0.25, 0.3) is 11.8 Å². The van der Waals surface area contributed by atoms with E-state index in [0.29, 0.717) is 35.3 Å². The van der Waals surface area contributed by atoms with Gasteiger partial charge in [0.2, 0.25) is 0 Å². The summed E-state index contributed by atoms with van der Waals surface area (Å²) in [6.45, 7) is 4.88. The number of hydrogen-bond donors (Lipinski definition) is 2. The Morgan fingerprint density at radius 1 is 0.804 bits per heavy atom. The lowest BCUT2D eigenvalue weighted by molar-refractivity contribution is -0.116. The van der Waals surface area contributed by atoms with Crippen molar-refractivity contribution < 1.29 is 19.1 Å². The standard InChI is InChI=1S/C35H47Cl3N4O4/c1-3-5-6-7-8-9-10-11-12-13-14-15-16-17-20-46-35(45)26-21-28(37)33(29(38)22-26)42-32(43)24-31(41-42)40-30-23-25(18-19-27(30)36)34(44)39-4-2/h18-19,21-23H,3-17,20,24H2,1-2H3,(H,39,44)(H,40,41). The SMILES string of the molecule is CCCCCCCCCCCCCCCCOC(=O)c1cc(Cl)c(N2NC(=Nc3cc(C(=O)NCC)ccc3Cl)CC2=O)c(Cl)c1. The van der Waals surface area contributed by atoms with E-state index in [-0.39, 0.29) is 39.5 Å². The van der Waals surface area contributed by atoms with Crippen LogP contribution in [0.1, 0.15) is 131 Å². The molecule has 0 aromatic heterocycles. The summed E-state index contributed by atoms with van der Waals surface area (Å²) in [6, 6.07) is 7.60. The van der Waals surface area contributed by atoms with Gasteiger partial charge in [-0.05, 0) is 43.7 Å². The Labute approximate surface area is 288 Å². The molecule has 252 valence electrons. The van der Waals surface area contributed by atoms with Crippen LogP contribution in [-0.4, -0.2) is 36.8 Å². The molecule has 0 spiro atoms. The molecule has 11 heteroatoms. The number of hydrazine groups is 1. The smallest absolute Gasteiger partial charge is 0.338 e. The molecule has 1 fully saturated rings. The first-order valence-corrected chi connectivity index (χ1v) is 17.8. The molecule has 8 nitrogen and oxygen atoms in total. The summed E-state index contributed by atoms with van der Waals surface area (Å²) >= 11 is 19.3. The van der Waals surface area contributed by atoms with Crippen LogP contribution in [0.5, 0.6) is 0 Å². The second-order valence-electron chi connectivity index (χ2n) is 11.6. The first kappa shape index (κ1) is 37.6. The van der Waals surface area contributed by atoms with Gasteiger partial charge in [0.05, 0.1) is 39.3 Å². The molecule has 3 rings (SSSR count). The molecule has 0 unspecified atom stereocenters. The zero-order chi connectivity index (χ0) is 33.3. The molecule has 46 heavy (non-hydrogen) atoms. The van der Waals surface area contributed by atoms with Crippen molar-refractivity contribution in [3.63, 3.8) is 0 Å². The largest absolute Gasteiger partial charge is 0.462 e. The molecule has 1 heterocycles. The molecule has 1 aliphatic rings. The van der Waals surface area contributed by atoms with Gasteiger partial charge in [0, 0.05) is 12.1 Å². The number of esters is 1. The maximum absolute atomic E-state index is 12.9. The van der Waals surface area contributed by atoms with Gasteiger partial charge in [-0.15, -0.1) is 0 Å². The molecular weight excluding hydrogens is 647 g/mol. The van der Waals surface area contributed by atoms with E-state index >= 15 is 0 Å². The number of rotatable bonds is 20. The fourth-order valence-corrected chi connectivity index (χ4v) is 6.10. The molecule has 2 amide bonds. The third kappa shape index (κ3) is 12.1. The second kappa shape index (κ2) is 20.4. The third-order valence-corrected chi connectivity index (χ3v) is 8.71. The maximum atomic E-state index is 12.9. The van der Waals surface area contributed by atoms with Crippen molar-refractivity contribution in [2.24, 2.45) is 4.99 Å². The number of nitrogens with one attached hydrogen (secondary N) is 2. The van der Waals surface area contributed by atoms with Crippen molar-refractivity contribution in [1.29, 1.82) is 0 Å². The van der Waals surface area contributed by atoms with Crippen molar-refractivity contribution in [1.82, 2.24) is 10.7 Å². The number of amidine groups is 1. The van der Waals surface area contributed by atoms with E-state index in [0.717, 1.165) is 19.3 Å². The number of nitrogens with zero attached hydrogens (tertiary/aromatic N) is 2. The van der Waals surface area contributed by atoms with Crippen LogP contribution in [0, 0.1) is 0 Å². The summed E-state index contributed by atoms with van der Waals surface area (Å²) in [6.07, 6.45) is 17.5. The molecule has 2 N–H and O–H groups in total. The number of carbonyl (C=O) groups is 3. The molecule has 0 radical (unpaired) electrons. The first-order valence-electron chi connectivity index (χ1n) is 16.7. The number of carbonyl (C=O) groups excluding carboxylic acids is 3. The summed E-state index contributed by atoms with van der Waals surface area (Å²) in [5, 5.41) is 4.45. The van der Waals surface area contributed by atoms with E-state index in [1.165, 1.54) is 87.8 Å². The Morgan fingerprint density at radius 3 is 1.93 bits per heavy atom. The number of anilines is 1. The zero-order valence-corrected chi connectivity index (χ0v) is 29.3. The maximum Gasteiger partial charge on any atom is 0.338 e. The van der Waals surface area contributed by atoms with Crippen LogP contribution in [-0.2, 0) is 9.53 Å². The van der Waals surface area contributed by atoms with Crippen LogP contribution in [0.25, 0.3) is 0 Å². The highest BCUT2D eigenvalue weighted by Crippen LogP contribution is 2.36. The lowest BCUT2D eigenvalue weighted by atomic mass is 10.0. The molecule has 0 saturated carbocycles. The van der Waals surface area contributed by atoms with E-state index in [9.17, 15) is 14.4 Å². The van der Waals surface area contributed by atoms with E-state index in [1.54, 1.807) is 18.2 Å². The monoisotopic (exact) mass is 692 g/mol. The zero-order valence-electron chi connectivity index (χ0n) is 27.1. The van der Waals surface area contributed by atoms with E-state index < -0.39 is 5.97 Å². The summed E-state index contributed by atoms with van der Waals surface area (Å²) in [5.74, 6) is -0.834. The van der Waals surface area contributed by atoms with Crippen LogP contribution >= 0.6 is 34.8 Å². The second-order valence-corrected chi connectivity index (χ2v) is 12.8. The van der Waals surface area contributed by atoms with Crippen LogP contribution < -0.4 is 15.8 Å². The molecule has 0 aliphatic carbocycles. The molecular formula is C35H47Cl3N4O4. The Kier molecular flexibility index (Phi) is 16.7. The number of ether oxygens (including phenoxy) is 1. The highest BCUT2D eigenvalue weighted by atomic mass is 35.5. The predicted octanol–water partition coefficient (Wildman–Crippen LogP) is 10.0. The molecule has 1 aliphatic heterocycles. The highest BCUT2D eigenvalue weighted by Gasteiger charge is 2.31. The lowest BCUT2D eigenvalue weighted by Gasteiger charge is -2.19. The minimum atomic E-state index is -0.519. The molecule has 0 bridgehead atoms. The fraction of sp³-hybridized carbons (Fsp3) is 0.543. The van der Waals surface area contributed by atoms with Crippen molar-refractivity contribution >= 4 is 69.8 Å². The van der Waals surface area contributed by atoms with Gasteiger partial charge < -0.3 is 10.1 Å². The molecule has 2 aromatic carbocycles. The number of benzene rings is 2. The van der Waals surface area contributed by atoms with Crippen LogP contribution in [0.15, 0.2) is 35.3 Å². The molecule has 1 saturated heterocycles. The van der Waals surface area contributed by atoms with Crippen LogP contribution in [0.2, 0.25) is 15.1 Å². The van der Waals surface area contributed by atoms with Crippen molar-refractivity contribution in [2.45, 2.75) is 110 Å². The number of unbranched alkanes of at least 4 members (excludes halogenated alkanes) is 13. The normalized spacial score (nSPS) is 13.7. The first-order chi connectivity index (χ1) is 22.2. The van der Waals surface area contributed by atoms with Crippen LogP contribution in [0.3, 0.4) is 0 Å². The number of halogens is 3. The van der Waals surface area contributed by atoms with Crippen LogP contribution in [0.4, 0.5) is 11.4 Å². The number of hydrogen-bond acceptors (Lipinski definition) is 5. The Morgan fingerprint density at radius 2 is 1.37 bits per heavy atom. The third-order valence-electron chi connectivity index (χ3n) is 7.82. The quantitative estimate of drug-likeness (QED) is 0.106. The van der Waals surface area contributed by atoms with Gasteiger partial charge in [0.1, 0.15) is 11.5 Å². The molecule has 2 aromatic rings. The summed E-state index contributed by atoms with van der Waals surface area (Å²) < 4.78 is 5.46. The summed E-state index contributed by atoms with van der Waals surface area (Å²) in [7, 11) is 0.